The molecule has 0 saturated heterocycles. The van der Waals surface area contributed by atoms with Gasteiger partial charge in [-0.25, -0.2) is 0 Å². The fourth-order valence-corrected chi connectivity index (χ4v) is 8.92. The topological polar surface area (TPSA) is 118 Å². The molecule has 4 saturated carbocycles. The largest absolute Gasteiger partial charge is 0.390 e. The number of Topliss-reactive ketones (excluding diaryl/α,β-unsaturated/α-hetero) is 1. The van der Waals surface area contributed by atoms with Gasteiger partial charge >= 0.3 is 0 Å². The number of carbonyl (C=O) groups excluding carboxylic acids is 1. The molecule has 4 fully saturated rings. The Morgan fingerprint density at radius 1 is 1.00 bits per heavy atom. The third-order valence-electron chi connectivity index (χ3n) is 10.8. The summed E-state index contributed by atoms with van der Waals surface area (Å²) >= 11 is 0. The summed E-state index contributed by atoms with van der Waals surface area (Å²) in [6.45, 7) is 9.52. The minimum absolute atomic E-state index is 0.0167. The van der Waals surface area contributed by atoms with E-state index in [-0.39, 0.29) is 40.3 Å². The molecule has 0 aliphatic heterocycles. The molecule has 4 rings (SSSR count). The molecule has 6 nitrogen and oxygen atoms in total. The summed E-state index contributed by atoms with van der Waals surface area (Å²) in [6, 6.07) is 0. The van der Waals surface area contributed by atoms with Gasteiger partial charge in [-0.3, -0.25) is 4.79 Å². The van der Waals surface area contributed by atoms with E-state index in [4.69, 9.17) is 0 Å². The second kappa shape index (κ2) is 8.01. The molecule has 0 unspecified atom stereocenters. The number of ketones is 1. The number of rotatable bonds is 4. The van der Waals surface area contributed by atoms with E-state index in [0.717, 1.165) is 25.7 Å². The quantitative estimate of drug-likeness (QED) is 0.447. The first-order valence-electron chi connectivity index (χ1n) is 12.7. The van der Waals surface area contributed by atoms with Gasteiger partial charge in [0.15, 0.2) is 0 Å². The van der Waals surface area contributed by atoms with Crippen LogP contribution in [-0.2, 0) is 4.79 Å². The molecule has 6 heteroatoms. The molecule has 32 heavy (non-hydrogen) atoms. The van der Waals surface area contributed by atoms with Crippen molar-refractivity contribution in [3.8, 4) is 0 Å². The van der Waals surface area contributed by atoms with Crippen LogP contribution in [0.5, 0.6) is 0 Å². The van der Waals surface area contributed by atoms with Crippen LogP contribution in [0, 0.1) is 46.3 Å². The van der Waals surface area contributed by atoms with Crippen LogP contribution in [0.15, 0.2) is 0 Å². The lowest BCUT2D eigenvalue weighted by Crippen LogP contribution is -2.60. The van der Waals surface area contributed by atoms with Gasteiger partial charge in [0, 0.05) is 12.3 Å². The van der Waals surface area contributed by atoms with E-state index in [2.05, 4.69) is 13.8 Å². The van der Waals surface area contributed by atoms with Crippen molar-refractivity contribution in [2.24, 2.45) is 46.3 Å². The first-order chi connectivity index (χ1) is 14.7. The Bertz CT molecular complexity index is 732. The molecular weight excluding hydrogens is 408 g/mol. The van der Waals surface area contributed by atoms with Crippen molar-refractivity contribution >= 4 is 5.78 Å². The van der Waals surface area contributed by atoms with Gasteiger partial charge in [0.05, 0.1) is 23.9 Å². The summed E-state index contributed by atoms with van der Waals surface area (Å²) in [6.07, 6.45) is 1.63. The van der Waals surface area contributed by atoms with Crippen LogP contribution in [-0.4, -0.2) is 61.3 Å². The molecule has 0 aromatic heterocycles. The lowest BCUT2D eigenvalue weighted by atomic mass is 9.44. The second-order valence-corrected chi connectivity index (χ2v) is 12.9. The molecule has 4 aliphatic rings. The zero-order chi connectivity index (χ0) is 23.8. The molecule has 0 heterocycles. The van der Waals surface area contributed by atoms with Gasteiger partial charge in [-0.1, -0.05) is 20.8 Å². The number of hydrogen-bond acceptors (Lipinski definition) is 6. The van der Waals surface area contributed by atoms with Gasteiger partial charge in [-0.05, 0) is 92.8 Å². The normalized spacial score (nSPS) is 49.6. The fourth-order valence-electron chi connectivity index (χ4n) is 8.92. The van der Waals surface area contributed by atoms with Gasteiger partial charge in [0.1, 0.15) is 11.9 Å². The highest BCUT2D eigenvalue weighted by Crippen LogP contribution is 2.67. The Kier molecular flexibility index (Phi) is 6.16. The minimum Gasteiger partial charge on any atom is -0.390 e. The summed E-state index contributed by atoms with van der Waals surface area (Å²) in [4.78, 5) is 13.3. The molecule has 0 amide bonds. The lowest BCUT2D eigenvalue weighted by Gasteiger charge is -2.61. The first-order valence-corrected chi connectivity index (χ1v) is 12.7. The van der Waals surface area contributed by atoms with Crippen molar-refractivity contribution in [2.45, 2.75) is 110 Å². The summed E-state index contributed by atoms with van der Waals surface area (Å²) in [5, 5.41) is 52.3. The molecule has 0 aromatic carbocycles. The molecule has 12 atom stereocenters. The van der Waals surface area contributed by atoms with Crippen LogP contribution in [0.4, 0.5) is 0 Å². The average molecular weight is 453 g/mol. The first kappa shape index (κ1) is 24.6. The summed E-state index contributed by atoms with van der Waals surface area (Å²) in [7, 11) is 0. The lowest BCUT2D eigenvalue weighted by molar-refractivity contribution is -0.176. The van der Waals surface area contributed by atoms with Crippen LogP contribution in [0.3, 0.4) is 0 Å². The standard InChI is InChI=1S/C26H44O6/c1-13(22(30)23(31)24(2,3)32)15-6-7-16-14-10-19(27)18-11-20(28)21(29)12-26(18,5)17(14)8-9-25(15,16)4/h13-18,20-23,28-32H,6-12H2,1-5H3/t13-,14-,15+,16-,17-,18+,20-,21+,22+,23-,25+,26+/m0/s1. The van der Waals surface area contributed by atoms with E-state index in [9.17, 15) is 30.3 Å². The zero-order valence-corrected chi connectivity index (χ0v) is 20.4. The third kappa shape index (κ3) is 3.60. The molecule has 0 spiro atoms. The van der Waals surface area contributed by atoms with Gasteiger partial charge in [0.25, 0.3) is 0 Å². The molecule has 0 bridgehead atoms. The molecule has 0 radical (unpaired) electrons. The summed E-state index contributed by atoms with van der Waals surface area (Å²) < 4.78 is 0. The Morgan fingerprint density at radius 2 is 1.62 bits per heavy atom. The Balaban J connectivity index is 1.58. The fraction of sp³-hybridized carbons (Fsp3) is 0.962. The molecule has 184 valence electrons. The SMILES string of the molecule is C[C@H]([C@@H](O)[C@H](O)C(C)(C)O)[C@H]1CC[C@H]2[C@@H]3CC(=O)[C@H]4C[C@H](O)[C@H](O)C[C@]4(C)[C@H]3CC[C@]12C. The van der Waals surface area contributed by atoms with Gasteiger partial charge in [-0.2, -0.15) is 0 Å². The number of hydrogen-bond donors (Lipinski definition) is 5. The predicted octanol–water partition coefficient (Wildman–Crippen LogP) is 2.28. The molecule has 0 aromatic rings. The van der Waals surface area contributed by atoms with Gasteiger partial charge < -0.3 is 25.5 Å². The number of aliphatic hydroxyl groups excluding tert-OH is 4. The highest BCUT2D eigenvalue weighted by molar-refractivity contribution is 5.83. The number of aliphatic hydroxyl groups is 5. The molecule has 5 N–H and O–H groups in total. The van der Waals surface area contributed by atoms with E-state index >= 15 is 0 Å². The van der Waals surface area contributed by atoms with Crippen LogP contribution in [0.1, 0.15) is 79.6 Å². The van der Waals surface area contributed by atoms with E-state index in [1.54, 1.807) is 0 Å². The van der Waals surface area contributed by atoms with Crippen molar-refractivity contribution in [3.05, 3.63) is 0 Å². The van der Waals surface area contributed by atoms with Crippen molar-refractivity contribution < 1.29 is 30.3 Å². The van der Waals surface area contributed by atoms with Crippen LogP contribution < -0.4 is 0 Å². The monoisotopic (exact) mass is 452 g/mol. The van der Waals surface area contributed by atoms with Gasteiger partial charge in [-0.15, -0.1) is 0 Å². The van der Waals surface area contributed by atoms with Crippen LogP contribution in [0.25, 0.3) is 0 Å². The van der Waals surface area contributed by atoms with Crippen molar-refractivity contribution in [2.75, 3.05) is 0 Å². The maximum atomic E-state index is 13.3. The van der Waals surface area contributed by atoms with Gasteiger partial charge in [0.2, 0.25) is 0 Å². The Morgan fingerprint density at radius 3 is 2.25 bits per heavy atom. The van der Waals surface area contributed by atoms with E-state index < -0.39 is 30.0 Å². The molecular formula is C26H44O6. The number of fused-ring (bicyclic) bond motifs is 5. The zero-order valence-electron chi connectivity index (χ0n) is 20.4. The summed E-state index contributed by atoms with van der Waals surface area (Å²) in [5.41, 5.74) is -1.65. The van der Waals surface area contributed by atoms with Crippen molar-refractivity contribution in [3.63, 3.8) is 0 Å². The summed E-state index contributed by atoms with van der Waals surface area (Å²) in [5.74, 6) is 1.18. The second-order valence-electron chi connectivity index (χ2n) is 12.9. The predicted molar refractivity (Wildman–Crippen MR) is 120 cm³/mol. The average Bonchev–Trinajstić information content (AvgIpc) is 3.05. The van der Waals surface area contributed by atoms with Crippen LogP contribution in [0.2, 0.25) is 0 Å². The molecule has 4 aliphatic carbocycles. The van der Waals surface area contributed by atoms with Crippen molar-refractivity contribution in [1.29, 1.82) is 0 Å². The highest BCUT2D eigenvalue weighted by atomic mass is 16.4. The van der Waals surface area contributed by atoms with Crippen LogP contribution >= 0.6 is 0 Å². The maximum absolute atomic E-state index is 13.3. The minimum atomic E-state index is -1.37. The van der Waals surface area contributed by atoms with E-state index in [1.165, 1.54) is 13.8 Å². The highest BCUT2D eigenvalue weighted by Gasteiger charge is 2.63. The number of carbonyl (C=O) groups is 1. The Hall–Kier alpha value is -0.530. The Labute approximate surface area is 192 Å². The van der Waals surface area contributed by atoms with E-state index in [1.807, 2.05) is 6.92 Å². The maximum Gasteiger partial charge on any atom is 0.136 e. The third-order valence-corrected chi connectivity index (χ3v) is 10.8. The smallest absolute Gasteiger partial charge is 0.136 e. The van der Waals surface area contributed by atoms with Crippen molar-refractivity contribution in [1.82, 2.24) is 0 Å². The van der Waals surface area contributed by atoms with E-state index in [0.29, 0.717) is 31.1 Å².